The molecule has 0 bridgehead atoms. The molecular weight excluding hydrogens is 218 g/mol. The number of piperidine rings is 1. The van der Waals surface area contributed by atoms with Gasteiger partial charge in [0.25, 0.3) is 0 Å². The summed E-state index contributed by atoms with van der Waals surface area (Å²) in [4.78, 5) is 25.2. The summed E-state index contributed by atoms with van der Waals surface area (Å²) in [5, 5.41) is 8.95. The average molecular weight is 239 g/mol. The SMILES string of the molecule is CC1CCCCN1C(=O)C1CCC(C(=O)O)C1. The van der Waals surface area contributed by atoms with Crippen LogP contribution in [0.15, 0.2) is 0 Å². The Morgan fingerprint density at radius 2 is 1.82 bits per heavy atom. The molecule has 0 aromatic heterocycles. The van der Waals surface area contributed by atoms with Crippen LogP contribution in [0.4, 0.5) is 0 Å². The smallest absolute Gasteiger partial charge is 0.306 e. The first kappa shape index (κ1) is 12.4. The largest absolute Gasteiger partial charge is 0.481 e. The Labute approximate surface area is 102 Å². The normalized spacial score (nSPS) is 33.7. The summed E-state index contributed by atoms with van der Waals surface area (Å²) in [6.45, 7) is 2.95. The van der Waals surface area contributed by atoms with Crippen molar-refractivity contribution in [3.8, 4) is 0 Å². The van der Waals surface area contributed by atoms with Crippen molar-refractivity contribution in [1.29, 1.82) is 0 Å². The summed E-state index contributed by atoms with van der Waals surface area (Å²) in [6, 6.07) is 0.333. The van der Waals surface area contributed by atoms with Gasteiger partial charge in [0.15, 0.2) is 0 Å². The zero-order valence-corrected chi connectivity index (χ0v) is 10.4. The fraction of sp³-hybridized carbons (Fsp3) is 0.846. The van der Waals surface area contributed by atoms with Gasteiger partial charge in [-0.05, 0) is 45.4 Å². The molecule has 1 saturated carbocycles. The summed E-state index contributed by atoms with van der Waals surface area (Å²) in [5.41, 5.74) is 0. The van der Waals surface area contributed by atoms with Gasteiger partial charge in [-0.25, -0.2) is 0 Å². The highest BCUT2D eigenvalue weighted by atomic mass is 16.4. The number of hydrogen-bond donors (Lipinski definition) is 1. The van der Waals surface area contributed by atoms with E-state index in [2.05, 4.69) is 6.92 Å². The molecule has 2 rings (SSSR count). The molecule has 0 aromatic carbocycles. The third-order valence-electron chi connectivity index (χ3n) is 4.22. The van der Waals surface area contributed by atoms with Crippen molar-refractivity contribution in [2.24, 2.45) is 11.8 Å². The molecule has 1 heterocycles. The predicted octanol–water partition coefficient (Wildman–Crippen LogP) is 1.89. The van der Waals surface area contributed by atoms with E-state index in [0.717, 1.165) is 25.8 Å². The van der Waals surface area contributed by atoms with Gasteiger partial charge in [0, 0.05) is 18.5 Å². The van der Waals surface area contributed by atoms with Crippen LogP contribution < -0.4 is 0 Å². The molecule has 1 aliphatic carbocycles. The van der Waals surface area contributed by atoms with Crippen LogP contribution in [0.2, 0.25) is 0 Å². The van der Waals surface area contributed by atoms with Crippen LogP contribution in [0.1, 0.15) is 45.4 Å². The van der Waals surface area contributed by atoms with E-state index in [1.807, 2.05) is 4.90 Å². The van der Waals surface area contributed by atoms with Gasteiger partial charge in [0.05, 0.1) is 5.92 Å². The molecule has 1 saturated heterocycles. The highest BCUT2D eigenvalue weighted by Gasteiger charge is 2.37. The van der Waals surface area contributed by atoms with E-state index < -0.39 is 5.97 Å². The number of aliphatic carboxylic acids is 1. The summed E-state index contributed by atoms with van der Waals surface area (Å²) in [5.74, 6) is -0.895. The third-order valence-corrected chi connectivity index (χ3v) is 4.22. The lowest BCUT2D eigenvalue weighted by molar-refractivity contribution is -0.142. The highest BCUT2D eigenvalue weighted by molar-refractivity contribution is 5.81. The second-order valence-corrected chi connectivity index (χ2v) is 5.42. The van der Waals surface area contributed by atoms with Gasteiger partial charge >= 0.3 is 5.97 Å². The van der Waals surface area contributed by atoms with E-state index in [1.165, 1.54) is 6.42 Å². The van der Waals surface area contributed by atoms with Crippen LogP contribution >= 0.6 is 0 Å². The molecule has 1 amide bonds. The first-order chi connectivity index (χ1) is 8.09. The molecule has 2 fully saturated rings. The number of likely N-dealkylation sites (tertiary alicyclic amines) is 1. The minimum absolute atomic E-state index is 0.0448. The van der Waals surface area contributed by atoms with E-state index >= 15 is 0 Å². The molecular formula is C13H21NO3. The summed E-state index contributed by atoms with van der Waals surface area (Å²) < 4.78 is 0. The Morgan fingerprint density at radius 1 is 1.12 bits per heavy atom. The second-order valence-electron chi connectivity index (χ2n) is 5.42. The third kappa shape index (κ3) is 2.61. The molecule has 4 heteroatoms. The number of nitrogens with zero attached hydrogens (tertiary/aromatic N) is 1. The monoisotopic (exact) mass is 239 g/mol. The Kier molecular flexibility index (Phi) is 3.69. The number of rotatable bonds is 2. The van der Waals surface area contributed by atoms with Crippen molar-refractivity contribution in [2.45, 2.75) is 51.5 Å². The van der Waals surface area contributed by atoms with Gasteiger partial charge in [0.2, 0.25) is 5.91 Å². The maximum atomic E-state index is 12.3. The summed E-state index contributed by atoms with van der Waals surface area (Å²) in [7, 11) is 0. The lowest BCUT2D eigenvalue weighted by Crippen LogP contribution is -2.44. The van der Waals surface area contributed by atoms with Crippen LogP contribution in [0.5, 0.6) is 0 Å². The molecule has 3 unspecified atom stereocenters. The molecule has 1 aliphatic heterocycles. The fourth-order valence-electron chi connectivity index (χ4n) is 3.09. The minimum Gasteiger partial charge on any atom is -0.481 e. The van der Waals surface area contributed by atoms with Crippen LogP contribution in [-0.2, 0) is 9.59 Å². The highest BCUT2D eigenvalue weighted by Crippen LogP contribution is 2.33. The van der Waals surface area contributed by atoms with E-state index in [9.17, 15) is 9.59 Å². The summed E-state index contributed by atoms with van der Waals surface area (Å²) in [6.07, 6.45) is 5.32. The maximum Gasteiger partial charge on any atom is 0.306 e. The van der Waals surface area contributed by atoms with Crippen LogP contribution in [-0.4, -0.2) is 34.5 Å². The molecule has 2 aliphatic rings. The number of carbonyl (C=O) groups is 2. The zero-order chi connectivity index (χ0) is 12.4. The predicted molar refractivity (Wildman–Crippen MR) is 63.5 cm³/mol. The van der Waals surface area contributed by atoms with Crippen LogP contribution in [0, 0.1) is 11.8 Å². The number of carboxylic acid groups (broad SMARTS) is 1. The Balaban J connectivity index is 1.94. The lowest BCUT2D eigenvalue weighted by Gasteiger charge is -2.35. The van der Waals surface area contributed by atoms with Crippen molar-refractivity contribution in [2.75, 3.05) is 6.54 Å². The van der Waals surface area contributed by atoms with E-state index in [1.54, 1.807) is 0 Å². The standard InChI is InChI=1S/C13H21NO3/c1-9-4-2-3-7-14(9)12(15)10-5-6-11(8-10)13(16)17/h9-11H,2-8H2,1H3,(H,16,17). The first-order valence-corrected chi connectivity index (χ1v) is 6.63. The van der Waals surface area contributed by atoms with Crippen molar-refractivity contribution < 1.29 is 14.7 Å². The van der Waals surface area contributed by atoms with Crippen LogP contribution in [0.3, 0.4) is 0 Å². The van der Waals surface area contributed by atoms with Crippen molar-refractivity contribution in [3.05, 3.63) is 0 Å². The van der Waals surface area contributed by atoms with Gasteiger partial charge in [-0.3, -0.25) is 9.59 Å². The average Bonchev–Trinajstić information content (AvgIpc) is 2.78. The zero-order valence-electron chi connectivity index (χ0n) is 10.4. The number of amides is 1. The van der Waals surface area contributed by atoms with E-state index in [-0.39, 0.29) is 17.7 Å². The minimum atomic E-state index is -0.744. The number of carbonyl (C=O) groups excluding carboxylic acids is 1. The molecule has 3 atom stereocenters. The Morgan fingerprint density at radius 3 is 2.41 bits per heavy atom. The van der Waals surface area contributed by atoms with Gasteiger partial charge in [-0.1, -0.05) is 0 Å². The first-order valence-electron chi connectivity index (χ1n) is 6.63. The van der Waals surface area contributed by atoms with Crippen LogP contribution in [0.25, 0.3) is 0 Å². The van der Waals surface area contributed by atoms with Crippen molar-refractivity contribution >= 4 is 11.9 Å². The topological polar surface area (TPSA) is 57.6 Å². The molecule has 4 nitrogen and oxygen atoms in total. The van der Waals surface area contributed by atoms with Gasteiger partial charge in [-0.15, -0.1) is 0 Å². The molecule has 96 valence electrons. The number of carboxylic acids is 1. The van der Waals surface area contributed by atoms with E-state index in [0.29, 0.717) is 18.9 Å². The summed E-state index contributed by atoms with van der Waals surface area (Å²) >= 11 is 0. The van der Waals surface area contributed by atoms with E-state index in [4.69, 9.17) is 5.11 Å². The van der Waals surface area contributed by atoms with Gasteiger partial charge in [-0.2, -0.15) is 0 Å². The maximum absolute atomic E-state index is 12.3. The Hall–Kier alpha value is -1.06. The van der Waals surface area contributed by atoms with Gasteiger partial charge in [0.1, 0.15) is 0 Å². The second kappa shape index (κ2) is 5.07. The molecule has 1 N–H and O–H groups in total. The molecule has 17 heavy (non-hydrogen) atoms. The fourth-order valence-corrected chi connectivity index (χ4v) is 3.09. The van der Waals surface area contributed by atoms with Crippen molar-refractivity contribution in [1.82, 2.24) is 4.90 Å². The molecule has 0 spiro atoms. The Bertz CT molecular complexity index is 316. The van der Waals surface area contributed by atoms with Gasteiger partial charge < -0.3 is 10.0 Å². The lowest BCUT2D eigenvalue weighted by atomic mass is 9.98. The molecule has 0 radical (unpaired) electrons. The molecule has 0 aromatic rings. The quantitative estimate of drug-likeness (QED) is 0.800. The van der Waals surface area contributed by atoms with Crippen molar-refractivity contribution in [3.63, 3.8) is 0 Å². The number of hydrogen-bond acceptors (Lipinski definition) is 2.